The van der Waals surface area contributed by atoms with Crippen molar-refractivity contribution < 1.29 is 9.90 Å². The van der Waals surface area contributed by atoms with E-state index in [2.05, 4.69) is 22.7 Å². The zero-order valence-corrected chi connectivity index (χ0v) is 8.96. The lowest BCUT2D eigenvalue weighted by Crippen LogP contribution is -2.27. The van der Waals surface area contributed by atoms with Gasteiger partial charge in [-0.15, -0.1) is 0 Å². The number of nitrogens with one attached hydrogen (secondary N) is 1. The van der Waals surface area contributed by atoms with Crippen molar-refractivity contribution in [1.29, 1.82) is 0 Å². The molecule has 0 amide bonds. The van der Waals surface area contributed by atoms with Crippen LogP contribution in [-0.4, -0.2) is 21.9 Å². The number of carboxylic acids is 1. The highest BCUT2D eigenvalue weighted by Crippen LogP contribution is 2.47. The molecule has 4 N–H and O–H groups in total. The monoisotopic (exact) mass is 227 g/mol. The van der Waals surface area contributed by atoms with Crippen LogP contribution in [0.5, 0.6) is 0 Å². The molecule has 6 heteroatoms. The van der Waals surface area contributed by atoms with Gasteiger partial charge in [-0.3, -0.25) is 10.2 Å². The second-order valence-corrected chi connectivity index (χ2v) is 4.53. The van der Waals surface area contributed by atoms with Gasteiger partial charge < -0.3 is 10.8 Å². The number of aliphatic carboxylic acids is 1. The van der Waals surface area contributed by atoms with Crippen LogP contribution in [-0.2, 0) is 4.79 Å². The van der Waals surface area contributed by atoms with Crippen LogP contribution in [0.3, 0.4) is 0 Å². The maximum atomic E-state index is 11.0. The average molecular weight is 227 g/mol. The Kier molecular flexibility index (Phi) is 2.60. The predicted molar refractivity (Wildman–Crippen MR) is 59.3 cm³/mol. The Bertz CT molecular complexity index is 342. The minimum Gasteiger partial charge on any atom is -0.481 e. The summed E-state index contributed by atoms with van der Waals surface area (Å²) in [6.45, 7) is 0. The third kappa shape index (κ3) is 1.81. The fourth-order valence-electron chi connectivity index (χ4n) is 2.73. The molecule has 0 aromatic heterocycles. The van der Waals surface area contributed by atoms with Crippen molar-refractivity contribution in [2.45, 2.75) is 19.3 Å². The average Bonchev–Trinajstić information content (AvgIpc) is 2.70. The number of hydrogen-bond acceptors (Lipinski definition) is 3. The van der Waals surface area contributed by atoms with Crippen LogP contribution in [0, 0.1) is 17.8 Å². The first-order valence-electron chi connectivity index (χ1n) is 4.94. The first-order chi connectivity index (χ1) is 7.09. The standard InChI is InChI=1S/C9H13N3O2S/c10-9(15)12-11-6-3-4-1-2-5(6)7(4)8(13)14/h4-5,7H,1-3H2,(H,13,14)(H3,10,12,15)/b11-6-/t4-,5+,7+/m0/s1. The van der Waals surface area contributed by atoms with E-state index in [9.17, 15) is 4.79 Å². The number of nitrogens with two attached hydrogens (primary N) is 1. The van der Waals surface area contributed by atoms with E-state index in [4.69, 9.17) is 10.8 Å². The molecule has 2 rings (SSSR count). The summed E-state index contributed by atoms with van der Waals surface area (Å²) in [5, 5.41) is 13.3. The molecule has 5 nitrogen and oxygen atoms in total. The molecular formula is C9H13N3O2S. The topological polar surface area (TPSA) is 87.7 Å². The molecule has 3 atom stereocenters. The third-order valence-corrected chi connectivity index (χ3v) is 3.38. The van der Waals surface area contributed by atoms with Gasteiger partial charge in [0.1, 0.15) is 0 Å². The molecule has 0 aromatic carbocycles. The molecule has 0 radical (unpaired) electrons. The lowest BCUT2D eigenvalue weighted by atomic mass is 9.98. The van der Waals surface area contributed by atoms with Crippen molar-refractivity contribution in [1.82, 2.24) is 5.43 Å². The summed E-state index contributed by atoms with van der Waals surface area (Å²) in [6, 6.07) is 0. The molecule has 0 unspecified atom stereocenters. The van der Waals surface area contributed by atoms with Gasteiger partial charge in [-0.2, -0.15) is 5.10 Å². The zero-order chi connectivity index (χ0) is 11.0. The lowest BCUT2D eigenvalue weighted by molar-refractivity contribution is -0.143. The van der Waals surface area contributed by atoms with E-state index in [1.165, 1.54) is 0 Å². The molecule has 2 bridgehead atoms. The van der Waals surface area contributed by atoms with Crippen LogP contribution >= 0.6 is 12.2 Å². The zero-order valence-electron chi connectivity index (χ0n) is 8.14. The number of carbonyl (C=O) groups is 1. The van der Waals surface area contributed by atoms with Gasteiger partial charge in [-0.05, 0) is 37.4 Å². The number of carboxylic acid groups (broad SMARTS) is 1. The Labute approximate surface area is 92.7 Å². The predicted octanol–water partition coefficient (Wildman–Crippen LogP) is 0.306. The highest BCUT2D eigenvalue weighted by molar-refractivity contribution is 7.80. The largest absolute Gasteiger partial charge is 0.481 e. The van der Waals surface area contributed by atoms with E-state index in [0.717, 1.165) is 25.0 Å². The smallest absolute Gasteiger partial charge is 0.307 e. The van der Waals surface area contributed by atoms with Crippen molar-refractivity contribution >= 4 is 29.0 Å². The third-order valence-electron chi connectivity index (χ3n) is 3.28. The van der Waals surface area contributed by atoms with Crippen molar-refractivity contribution in [3.05, 3.63) is 0 Å². The fraction of sp³-hybridized carbons (Fsp3) is 0.667. The normalized spacial score (nSPS) is 35.7. The maximum absolute atomic E-state index is 11.0. The number of rotatable bonds is 2. The first kappa shape index (κ1) is 10.4. The van der Waals surface area contributed by atoms with Crippen molar-refractivity contribution in [2.24, 2.45) is 28.6 Å². The molecule has 2 saturated carbocycles. The summed E-state index contributed by atoms with van der Waals surface area (Å²) in [5.74, 6) is -0.631. The first-order valence-corrected chi connectivity index (χ1v) is 5.35. The Morgan fingerprint density at radius 1 is 1.60 bits per heavy atom. The summed E-state index contributed by atoms with van der Waals surface area (Å²) in [5.41, 5.74) is 8.70. The number of hydrazone groups is 1. The molecule has 2 fully saturated rings. The Morgan fingerprint density at radius 3 is 2.87 bits per heavy atom. The molecular weight excluding hydrogens is 214 g/mol. The van der Waals surface area contributed by atoms with Gasteiger partial charge >= 0.3 is 5.97 Å². The molecule has 2 aliphatic carbocycles. The summed E-state index contributed by atoms with van der Waals surface area (Å²) < 4.78 is 0. The molecule has 82 valence electrons. The minimum absolute atomic E-state index is 0.0781. The van der Waals surface area contributed by atoms with Gasteiger partial charge in [0.15, 0.2) is 5.11 Å². The maximum Gasteiger partial charge on any atom is 0.307 e. The van der Waals surface area contributed by atoms with Crippen molar-refractivity contribution in [3.8, 4) is 0 Å². The summed E-state index contributed by atoms with van der Waals surface area (Å²) in [6.07, 6.45) is 2.67. The number of fused-ring (bicyclic) bond motifs is 2. The Balaban J connectivity index is 2.11. The van der Waals surface area contributed by atoms with Gasteiger partial charge in [-0.1, -0.05) is 0 Å². The van der Waals surface area contributed by atoms with Gasteiger partial charge in [0.2, 0.25) is 0 Å². The number of nitrogens with zero attached hydrogens (tertiary/aromatic N) is 1. The molecule has 15 heavy (non-hydrogen) atoms. The quantitative estimate of drug-likeness (QED) is 0.466. The van der Waals surface area contributed by atoms with Gasteiger partial charge in [0.25, 0.3) is 0 Å². The lowest BCUT2D eigenvalue weighted by Gasteiger charge is -2.11. The second kappa shape index (κ2) is 3.77. The van der Waals surface area contributed by atoms with Crippen LogP contribution in [0.2, 0.25) is 0 Å². The van der Waals surface area contributed by atoms with Crippen LogP contribution in [0.4, 0.5) is 0 Å². The second-order valence-electron chi connectivity index (χ2n) is 4.09. The van der Waals surface area contributed by atoms with E-state index in [-0.39, 0.29) is 22.9 Å². The molecule has 0 heterocycles. The van der Waals surface area contributed by atoms with Gasteiger partial charge in [0.05, 0.1) is 5.92 Å². The van der Waals surface area contributed by atoms with Crippen LogP contribution in [0.1, 0.15) is 19.3 Å². The minimum atomic E-state index is -0.706. The molecule has 0 spiro atoms. The molecule has 0 saturated heterocycles. The van der Waals surface area contributed by atoms with E-state index in [1.807, 2.05) is 0 Å². The summed E-state index contributed by atoms with van der Waals surface area (Å²) in [7, 11) is 0. The highest BCUT2D eigenvalue weighted by atomic mass is 32.1. The van der Waals surface area contributed by atoms with Crippen molar-refractivity contribution in [3.63, 3.8) is 0 Å². The van der Waals surface area contributed by atoms with E-state index in [0.29, 0.717) is 0 Å². The van der Waals surface area contributed by atoms with Gasteiger partial charge in [0, 0.05) is 11.6 Å². The van der Waals surface area contributed by atoms with E-state index < -0.39 is 5.97 Å². The van der Waals surface area contributed by atoms with E-state index in [1.54, 1.807) is 0 Å². The van der Waals surface area contributed by atoms with Crippen LogP contribution < -0.4 is 11.2 Å². The summed E-state index contributed by atoms with van der Waals surface area (Å²) in [4.78, 5) is 11.0. The molecule has 0 aromatic rings. The molecule has 0 aliphatic heterocycles. The SMILES string of the molecule is NC(=S)N/N=C1/C[C@@H]2CC[C@H]1[C@@H]2C(=O)O. The Hall–Kier alpha value is -1.17. The number of hydrogen-bond donors (Lipinski definition) is 3. The van der Waals surface area contributed by atoms with E-state index >= 15 is 0 Å². The number of thiocarbonyl (C=S) groups is 1. The van der Waals surface area contributed by atoms with Gasteiger partial charge in [-0.25, -0.2) is 0 Å². The van der Waals surface area contributed by atoms with Crippen molar-refractivity contribution in [2.75, 3.05) is 0 Å². The molecule has 2 aliphatic rings. The Morgan fingerprint density at radius 2 is 2.33 bits per heavy atom. The summed E-state index contributed by atoms with van der Waals surface area (Å²) >= 11 is 4.64. The van der Waals surface area contributed by atoms with Crippen LogP contribution in [0.15, 0.2) is 5.10 Å². The highest BCUT2D eigenvalue weighted by Gasteiger charge is 2.49. The van der Waals surface area contributed by atoms with Crippen LogP contribution in [0.25, 0.3) is 0 Å². The fourth-order valence-corrected chi connectivity index (χ4v) is 2.78.